The third-order valence-electron chi connectivity index (χ3n) is 3.44. The van der Waals surface area contributed by atoms with Gasteiger partial charge in [-0.15, -0.1) is 0 Å². The molecule has 1 aliphatic heterocycles. The lowest BCUT2D eigenvalue weighted by molar-refractivity contribution is -0.137. The van der Waals surface area contributed by atoms with Gasteiger partial charge in [0.2, 0.25) is 0 Å². The smallest absolute Gasteiger partial charge is 0.394 e. The maximum Gasteiger partial charge on any atom is 0.416 e. The predicted octanol–water partition coefficient (Wildman–Crippen LogP) is 2.58. The molecule has 0 spiro atoms. The summed E-state index contributed by atoms with van der Waals surface area (Å²) in [6.07, 6.45) is -5.12. The Hall–Kier alpha value is -1.31. The zero-order valence-corrected chi connectivity index (χ0v) is 12.5. The Balaban J connectivity index is 2.30. The Kier molecular flexibility index (Phi) is 4.99. The van der Waals surface area contributed by atoms with Crippen molar-refractivity contribution in [3.8, 4) is 0 Å². The van der Waals surface area contributed by atoms with Crippen molar-refractivity contribution in [1.29, 1.82) is 0 Å². The molecule has 0 saturated carbocycles. The lowest BCUT2D eigenvalue weighted by atomic mass is 10.1. The van der Waals surface area contributed by atoms with Crippen LogP contribution < -0.4 is 0 Å². The van der Waals surface area contributed by atoms with E-state index in [0.717, 1.165) is 12.1 Å². The number of alkyl halides is 3. The largest absolute Gasteiger partial charge is 0.416 e. The Morgan fingerprint density at radius 3 is 2.73 bits per heavy atom. The fourth-order valence-electron chi connectivity index (χ4n) is 2.25. The number of benzene rings is 1. The van der Waals surface area contributed by atoms with Gasteiger partial charge in [0.05, 0.1) is 30.9 Å². The van der Waals surface area contributed by atoms with Crippen molar-refractivity contribution in [2.75, 3.05) is 19.8 Å². The first-order valence-corrected chi connectivity index (χ1v) is 7.01. The van der Waals surface area contributed by atoms with Crippen LogP contribution in [0.1, 0.15) is 22.8 Å². The summed E-state index contributed by atoms with van der Waals surface area (Å²) in [5.41, 5.74) is -1.10. The van der Waals surface area contributed by atoms with Crippen LogP contribution in [0.25, 0.3) is 0 Å². The molecular formula is C14H15ClF3NO3. The highest BCUT2D eigenvalue weighted by Crippen LogP contribution is 2.32. The number of ether oxygens (including phenoxy) is 1. The number of rotatable bonds is 2. The molecule has 1 aromatic rings. The van der Waals surface area contributed by atoms with E-state index in [1.807, 2.05) is 0 Å². The van der Waals surface area contributed by atoms with Gasteiger partial charge >= 0.3 is 6.18 Å². The average Bonchev–Trinajstić information content (AvgIpc) is 2.45. The molecule has 1 amide bonds. The van der Waals surface area contributed by atoms with E-state index in [0.29, 0.717) is 0 Å². The van der Waals surface area contributed by atoms with E-state index in [-0.39, 0.29) is 36.4 Å². The molecule has 1 aromatic carbocycles. The molecule has 0 aromatic heterocycles. The van der Waals surface area contributed by atoms with Crippen LogP contribution in [0.2, 0.25) is 5.02 Å². The first-order chi connectivity index (χ1) is 10.2. The van der Waals surface area contributed by atoms with Gasteiger partial charge in [-0.1, -0.05) is 11.6 Å². The number of hydrogen-bond donors (Lipinski definition) is 1. The Morgan fingerprint density at radius 1 is 1.45 bits per heavy atom. The second kappa shape index (κ2) is 6.44. The van der Waals surface area contributed by atoms with Gasteiger partial charge in [-0.3, -0.25) is 4.79 Å². The zero-order chi connectivity index (χ0) is 16.5. The zero-order valence-electron chi connectivity index (χ0n) is 11.7. The number of aliphatic hydroxyl groups is 1. The number of nitrogens with zero attached hydrogens (tertiary/aromatic N) is 1. The van der Waals surface area contributed by atoms with Crippen LogP contribution in [0.3, 0.4) is 0 Å². The standard InChI is InChI=1S/C14H15ClF3NO3/c1-8-7-22-12(6-20)5-19(8)13(21)9-2-10(14(16,17)18)4-11(15)3-9/h2-4,8,12,20H,5-7H2,1H3. The first-order valence-electron chi connectivity index (χ1n) is 6.63. The van der Waals surface area contributed by atoms with Gasteiger partial charge in [0.15, 0.2) is 0 Å². The highest BCUT2D eigenvalue weighted by molar-refractivity contribution is 6.31. The number of amides is 1. The molecule has 4 nitrogen and oxygen atoms in total. The number of morpholine rings is 1. The van der Waals surface area contributed by atoms with Crippen molar-refractivity contribution < 1.29 is 27.8 Å². The van der Waals surface area contributed by atoms with Crippen molar-refractivity contribution in [3.05, 3.63) is 34.3 Å². The van der Waals surface area contributed by atoms with Crippen LogP contribution in [-0.2, 0) is 10.9 Å². The van der Waals surface area contributed by atoms with Crippen LogP contribution in [-0.4, -0.2) is 47.8 Å². The van der Waals surface area contributed by atoms with E-state index >= 15 is 0 Å². The third kappa shape index (κ3) is 3.71. The molecule has 1 saturated heterocycles. The summed E-state index contributed by atoms with van der Waals surface area (Å²) in [4.78, 5) is 13.9. The molecule has 1 N–H and O–H groups in total. The van der Waals surface area contributed by atoms with E-state index in [1.54, 1.807) is 6.92 Å². The Bertz CT molecular complexity index is 565. The fraction of sp³-hybridized carbons (Fsp3) is 0.500. The Labute approximate surface area is 130 Å². The average molecular weight is 338 g/mol. The third-order valence-corrected chi connectivity index (χ3v) is 3.66. The summed E-state index contributed by atoms with van der Waals surface area (Å²) in [5.74, 6) is -0.567. The minimum absolute atomic E-state index is 0.115. The minimum Gasteiger partial charge on any atom is -0.394 e. The summed E-state index contributed by atoms with van der Waals surface area (Å²) in [6, 6.07) is 2.46. The molecule has 2 unspecified atom stereocenters. The minimum atomic E-state index is -4.58. The summed E-state index contributed by atoms with van der Waals surface area (Å²) < 4.78 is 43.7. The van der Waals surface area contributed by atoms with Gasteiger partial charge in [-0.2, -0.15) is 13.2 Å². The number of carbonyl (C=O) groups excluding carboxylic acids is 1. The number of halogens is 4. The van der Waals surface area contributed by atoms with Crippen LogP contribution in [0.5, 0.6) is 0 Å². The van der Waals surface area contributed by atoms with Crippen LogP contribution in [0.15, 0.2) is 18.2 Å². The molecule has 0 bridgehead atoms. The summed E-state index contributed by atoms with van der Waals surface area (Å²) in [7, 11) is 0. The van der Waals surface area contributed by atoms with Crippen molar-refractivity contribution in [2.45, 2.75) is 25.2 Å². The van der Waals surface area contributed by atoms with Crippen molar-refractivity contribution in [3.63, 3.8) is 0 Å². The molecule has 2 rings (SSSR count). The quantitative estimate of drug-likeness (QED) is 0.902. The van der Waals surface area contributed by atoms with Gasteiger partial charge in [0.1, 0.15) is 0 Å². The van der Waals surface area contributed by atoms with E-state index in [4.69, 9.17) is 21.4 Å². The van der Waals surface area contributed by atoms with Crippen LogP contribution in [0.4, 0.5) is 13.2 Å². The SMILES string of the molecule is CC1COC(CO)CN1C(=O)c1cc(Cl)cc(C(F)(F)F)c1. The molecule has 2 atom stereocenters. The van der Waals surface area contributed by atoms with Gasteiger partial charge in [-0.05, 0) is 25.1 Å². The first kappa shape index (κ1) is 17.1. The van der Waals surface area contributed by atoms with Gasteiger partial charge < -0.3 is 14.7 Å². The van der Waals surface area contributed by atoms with Gasteiger partial charge in [0, 0.05) is 17.1 Å². The van der Waals surface area contributed by atoms with Crippen molar-refractivity contribution >= 4 is 17.5 Å². The topological polar surface area (TPSA) is 49.8 Å². The highest BCUT2D eigenvalue weighted by Gasteiger charge is 2.34. The fourth-order valence-corrected chi connectivity index (χ4v) is 2.49. The molecular weight excluding hydrogens is 323 g/mol. The maximum absolute atomic E-state index is 12.8. The van der Waals surface area contributed by atoms with E-state index in [9.17, 15) is 18.0 Å². The van der Waals surface area contributed by atoms with Crippen LogP contribution in [0, 0.1) is 0 Å². The van der Waals surface area contributed by atoms with E-state index in [2.05, 4.69) is 0 Å². The highest BCUT2D eigenvalue weighted by atomic mass is 35.5. The van der Waals surface area contributed by atoms with Crippen molar-refractivity contribution in [1.82, 2.24) is 4.90 Å². The number of hydrogen-bond acceptors (Lipinski definition) is 3. The molecule has 0 radical (unpaired) electrons. The van der Waals surface area contributed by atoms with E-state index in [1.165, 1.54) is 11.0 Å². The molecule has 122 valence electrons. The van der Waals surface area contributed by atoms with Crippen molar-refractivity contribution in [2.24, 2.45) is 0 Å². The molecule has 1 fully saturated rings. The van der Waals surface area contributed by atoms with E-state index < -0.39 is 23.8 Å². The molecule has 1 aliphatic rings. The lowest BCUT2D eigenvalue weighted by Gasteiger charge is -2.37. The Morgan fingerprint density at radius 2 is 2.14 bits per heavy atom. The lowest BCUT2D eigenvalue weighted by Crippen LogP contribution is -2.52. The summed E-state index contributed by atoms with van der Waals surface area (Å²) >= 11 is 5.70. The normalized spacial score (nSPS) is 22.7. The molecule has 0 aliphatic carbocycles. The monoisotopic (exact) mass is 337 g/mol. The number of carbonyl (C=O) groups is 1. The van der Waals surface area contributed by atoms with Gasteiger partial charge in [0.25, 0.3) is 5.91 Å². The second-order valence-electron chi connectivity index (χ2n) is 5.17. The molecule has 8 heteroatoms. The number of aliphatic hydroxyl groups excluding tert-OH is 1. The summed E-state index contributed by atoms with van der Waals surface area (Å²) in [5, 5.41) is 8.95. The van der Waals surface area contributed by atoms with Gasteiger partial charge in [-0.25, -0.2) is 0 Å². The molecule has 1 heterocycles. The maximum atomic E-state index is 12.8. The summed E-state index contributed by atoms with van der Waals surface area (Å²) in [6.45, 7) is 1.79. The predicted molar refractivity (Wildman–Crippen MR) is 73.8 cm³/mol. The molecule has 22 heavy (non-hydrogen) atoms. The van der Waals surface area contributed by atoms with Crippen LogP contribution >= 0.6 is 11.6 Å². The second-order valence-corrected chi connectivity index (χ2v) is 5.61.